The summed E-state index contributed by atoms with van der Waals surface area (Å²) in [7, 11) is 0. The van der Waals surface area contributed by atoms with Crippen LogP contribution in [0.4, 0.5) is 5.69 Å². The third-order valence-corrected chi connectivity index (χ3v) is 10.2. The van der Waals surface area contributed by atoms with Gasteiger partial charge in [-0.1, -0.05) is 61.5 Å². The second-order valence-electron chi connectivity index (χ2n) is 12.4. The molecule has 1 aromatic carbocycles. The van der Waals surface area contributed by atoms with Gasteiger partial charge in [0.05, 0.1) is 17.9 Å². The van der Waals surface area contributed by atoms with Crippen molar-refractivity contribution in [2.24, 2.45) is 11.8 Å². The fourth-order valence-corrected chi connectivity index (χ4v) is 8.21. The second-order valence-corrected chi connectivity index (χ2v) is 13.2. The van der Waals surface area contributed by atoms with E-state index in [-0.39, 0.29) is 23.8 Å². The average molecular weight is 619 g/mol. The van der Waals surface area contributed by atoms with Crippen LogP contribution < -0.4 is 10.6 Å². The predicted molar refractivity (Wildman–Crippen MR) is 163 cm³/mol. The molecule has 1 aliphatic carbocycles. The molecule has 228 valence electrons. The number of likely N-dealkylation sites (tertiary alicyclic amines) is 1. The molecule has 1 saturated carbocycles. The smallest absolute Gasteiger partial charge is 0.246 e. The van der Waals surface area contributed by atoms with Gasteiger partial charge in [-0.3, -0.25) is 14.4 Å². The van der Waals surface area contributed by atoms with Crippen molar-refractivity contribution in [3.8, 4) is 0 Å². The summed E-state index contributed by atoms with van der Waals surface area (Å²) in [6.07, 6.45) is 9.12. The topological polar surface area (TPSA) is 94.2 Å². The lowest BCUT2D eigenvalue weighted by molar-refractivity contribution is -0.141. The maximum Gasteiger partial charge on any atom is 0.246 e. The minimum atomic E-state index is -1.17. The molecule has 9 nitrogen and oxygen atoms in total. The number of anilines is 1. The number of nitrogens with zero attached hydrogens (tertiary/aromatic N) is 3. The molecule has 0 radical (unpaired) electrons. The predicted octanol–water partition coefficient (Wildman–Crippen LogP) is 3.56. The van der Waals surface area contributed by atoms with Crippen molar-refractivity contribution >= 4 is 46.6 Å². The van der Waals surface area contributed by atoms with E-state index in [9.17, 15) is 14.4 Å². The van der Waals surface area contributed by atoms with Crippen LogP contribution in [-0.4, -0.2) is 102 Å². The maximum absolute atomic E-state index is 14.2. The SMILES string of the molecule is CCN1CCN(CCCN2C(=O)[C@H]3C(C(=O)Nc4cc(Cl)cc(Cl)c4)[C@H]4C=CC3(O4)C2C(=O)NC2CCCCC2)CC1. The number of piperazine rings is 1. The Labute approximate surface area is 257 Å². The summed E-state index contributed by atoms with van der Waals surface area (Å²) in [5, 5.41) is 6.95. The minimum Gasteiger partial charge on any atom is -0.359 e. The summed E-state index contributed by atoms with van der Waals surface area (Å²) in [5.74, 6) is -2.26. The molecule has 0 aromatic heterocycles. The molecule has 2 N–H and O–H groups in total. The molecular formula is C31H41Cl2N5O4. The number of rotatable bonds is 9. The Balaban J connectivity index is 1.21. The first-order valence-corrected chi connectivity index (χ1v) is 16.2. The molecule has 4 fully saturated rings. The summed E-state index contributed by atoms with van der Waals surface area (Å²) in [6.45, 7) is 8.64. The van der Waals surface area contributed by atoms with E-state index in [1.165, 1.54) is 6.42 Å². The lowest BCUT2D eigenvalue weighted by atomic mass is 9.74. The van der Waals surface area contributed by atoms with E-state index < -0.39 is 29.6 Å². The summed E-state index contributed by atoms with van der Waals surface area (Å²) in [4.78, 5) is 48.5. The third kappa shape index (κ3) is 5.71. The zero-order valence-corrected chi connectivity index (χ0v) is 25.7. The van der Waals surface area contributed by atoms with Gasteiger partial charge in [-0.2, -0.15) is 0 Å². The van der Waals surface area contributed by atoms with Crippen LogP contribution >= 0.6 is 23.2 Å². The van der Waals surface area contributed by atoms with Gasteiger partial charge in [-0.15, -0.1) is 0 Å². The number of carbonyl (C=O) groups is 3. The summed E-state index contributed by atoms with van der Waals surface area (Å²) < 4.78 is 6.48. The largest absolute Gasteiger partial charge is 0.359 e. The van der Waals surface area contributed by atoms with Gasteiger partial charge in [0, 0.05) is 54.5 Å². The fraction of sp³-hybridized carbons (Fsp3) is 0.645. The lowest BCUT2D eigenvalue weighted by Crippen LogP contribution is -2.56. The number of likely N-dealkylation sites (N-methyl/N-ethyl adjacent to an activating group) is 1. The quantitative estimate of drug-likeness (QED) is 0.412. The van der Waals surface area contributed by atoms with Crippen molar-refractivity contribution in [1.29, 1.82) is 0 Å². The summed E-state index contributed by atoms with van der Waals surface area (Å²) in [5.41, 5.74) is -0.711. The molecule has 1 spiro atoms. The van der Waals surface area contributed by atoms with E-state index in [4.69, 9.17) is 27.9 Å². The Bertz CT molecular complexity index is 1210. The van der Waals surface area contributed by atoms with E-state index in [2.05, 4.69) is 27.4 Å². The Hall–Kier alpha value is -2.17. The first-order valence-electron chi connectivity index (χ1n) is 15.5. The Morgan fingerprint density at radius 1 is 0.976 bits per heavy atom. The minimum absolute atomic E-state index is 0.0998. The number of nitrogens with one attached hydrogen (secondary N) is 2. The molecular weight excluding hydrogens is 577 g/mol. The van der Waals surface area contributed by atoms with Gasteiger partial charge >= 0.3 is 0 Å². The van der Waals surface area contributed by atoms with Crippen molar-refractivity contribution in [1.82, 2.24) is 20.0 Å². The Kier molecular flexibility index (Phi) is 8.85. The highest BCUT2D eigenvalue weighted by atomic mass is 35.5. The Morgan fingerprint density at radius 3 is 2.36 bits per heavy atom. The van der Waals surface area contributed by atoms with Crippen molar-refractivity contribution < 1.29 is 19.1 Å². The summed E-state index contributed by atoms with van der Waals surface area (Å²) >= 11 is 12.3. The van der Waals surface area contributed by atoms with E-state index in [1.54, 1.807) is 23.1 Å². The van der Waals surface area contributed by atoms with Gasteiger partial charge in [0.2, 0.25) is 17.7 Å². The highest BCUT2D eigenvalue weighted by molar-refractivity contribution is 6.35. The van der Waals surface area contributed by atoms with Crippen molar-refractivity contribution in [3.05, 3.63) is 40.4 Å². The number of carbonyl (C=O) groups excluding carboxylic acids is 3. The van der Waals surface area contributed by atoms with Crippen LogP contribution in [0.3, 0.4) is 0 Å². The van der Waals surface area contributed by atoms with Gasteiger partial charge < -0.3 is 30.1 Å². The zero-order valence-electron chi connectivity index (χ0n) is 24.2. The molecule has 1 aromatic rings. The molecule has 5 aliphatic rings. The van der Waals surface area contributed by atoms with Gasteiger partial charge in [0.25, 0.3) is 0 Å². The molecule has 3 unspecified atom stereocenters. The van der Waals surface area contributed by atoms with Gasteiger partial charge in [-0.05, 0) is 50.6 Å². The van der Waals surface area contributed by atoms with Crippen LogP contribution in [0.1, 0.15) is 45.4 Å². The third-order valence-electron chi connectivity index (χ3n) is 9.79. The molecule has 3 amide bonds. The van der Waals surface area contributed by atoms with Crippen LogP contribution in [0, 0.1) is 11.8 Å². The molecule has 11 heteroatoms. The maximum atomic E-state index is 14.2. The first kappa shape index (κ1) is 29.9. The van der Waals surface area contributed by atoms with Crippen LogP contribution in [0.2, 0.25) is 10.0 Å². The van der Waals surface area contributed by atoms with Gasteiger partial charge in [0.15, 0.2) is 0 Å². The molecule has 5 atom stereocenters. The number of ether oxygens (including phenoxy) is 1. The molecule has 2 bridgehead atoms. The normalized spacial score (nSPS) is 31.5. The molecule has 4 aliphatic heterocycles. The van der Waals surface area contributed by atoms with Gasteiger partial charge in [0.1, 0.15) is 11.6 Å². The van der Waals surface area contributed by atoms with E-state index in [0.29, 0.717) is 22.3 Å². The van der Waals surface area contributed by atoms with E-state index in [1.807, 2.05) is 12.2 Å². The van der Waals surface area contributed by atoms with Crippen LogP contribution in [0.5, 0.6) is 0 Å². The fourth-order valence-electron chi connectivity index (χ4n) is 7.68. The highest BCUT2D eigenvalue weighted by Crippen LogP contribution is 2.55. The first-order chi connectivity index (χ1) is 20.3. The zero-order chi connectivity index (χ0) is 29.4. The van der Waals surface area contributed by atoms with Crippen LogP contribution in [-0.2, 0) is 19.1 Å². The van der Waals surface area contributed by atoms with E-state index in [0.717, 1.165) is 71.4 Å². The van der Waals surface area contributed by atoms with Crippen LogP contribution in [0.25, 0.3) is 0 Å². The van der Waals surface area contributed by atoms with Crippen LogP contribution in [0.15, 0.2) is 30.4 Å². The van der Waals surface area contributed by atoms with E-state index >= 15 is 0 Å². The number of benzene rings is 1. The monoisotopic (exact) mass is 617 g/mol. The summed E-state index contributed by atoms with van der Waals surface area (Å²) in [6, 6.07) is 4.12. The number of hydrogen-bond donors (Lipinski definition) is 2. The second kappa shape index (κ2) is 12.4. The van der Waals surface area contributed by atoms with Crippen molar-refractivity contribution in [2.45, 2.75) is 69.2 Å². The molecule has 3 saturated heterocycles. The van der Waals surface area contributed by atoms with Crippen molar-refractivity contribution in [2.75, 3.05) is 51.1 Å². The molecule has 6 rings (SSSR count). The number of fused-ring (bicyclic) bond motifs is 1. The average Bonchev–Trinajstić information content (AvgIpc) is 3.61. The lowest BCUT2D eigenvalue weighted by Gasteiger charge is -2.36. The number of hydrogen-bond acceptors (Lipinski definition) is 6. The number of amides is 3. The number of halogens is 2. The van der Waals surface area contributed by atoms with Gasteiger partial charge in [-0.25, -0.2) is 0 Å². The molecule has 42 heavy (non-hydrogen) atoms. The molecule has 4 heterocycles. The van der Waals surface area contributed by atoms with Crippen molar-refractivity contribution in [3.63, 3.8) is 0 Å². The standard InChI is InChI=1S/C31H41Cl2N5O4/c1-2-36-13-15-37(16-14-36)11-6-12-38-27(29(40)34-22-7-4-3-5-8-22)31-10-9-24(42-31)25(26(31)30(38)41)28(39)35-23-18-20(32)17-21(33)19-23/h9-10,17-19,22,24-27H,2-8,11-16H2,1H3,(H,34,40)(H,35,39)/t24-,25?,26-,27?,31?/m1/s1. The highest BCUT2D eigenvalue weighted by Gasteiger charge is 2.72. The Morgan fingerprint density at radius 2 is 1.67 bits per heavy atom.